The van der Waals surface area contributed by atoms with E-state index >= 15 is 0 Å². The highest BCUT2D eigenvalue weighted by molar-refractivity contribution is 7.91. The first-order valence-electron chi connectivity index (χ1n) is 11.3. The molecule has 2 aliphatic rings. The van der Waals surface area contributed by atoms with Crippen molar-refractivity contribution in [2.24, 2.45) is 5.92 Å². The molecule has 11 nitrogen and oxygen atoms in total. The van der Waals surface area contributed by atoms with Crippen molar-refractivity contribution in [1.82, 2.24) is 25.2 Å². The number of ether oxygens (including phenoxy) is 1. The van der Waals surface area contributed by atoms with E-state index < -0.39 is 28.1 Å². The maximum atomic E-state index is 12.5. The molecule has 0 radical (unpaired) electrons. The van der Waals surface area contributed by atoms with Crippen LogP contribution in [0.5, 0.6) is 5.75 Å². The minimum absolute atomic E-state index is 0. The summed E-state index contributed by atoms with van der Waals surface area (Å²) in [6.07, 6.45) is 0.257. The van der Waals surface area contributed by atoms with Crippen molar-refractivity contribution in [3.05, 3.63) is 41.7 Å². The molecule has 1 amide bonds. The van der Waals surface area contributed by atoms with E-state index in [1.807, 2.05) is 17.0 Å². The number of rotatable bonds is 8. The first kappa shape index (κ1) is 30.3. The number of aliphatic hydroxyl groups is 2. The Labute approximate surface area is 222 Å². The van der Waals surface area contributed by atoms with E-state index in [0.717, 1.165) is 11.3 Å². The number of nitrogens with zero attached hydrogens (tertiary/aromatic N) is 4. The van der Waals surface area contributed by atoms with Crippen molar-refractivity contribution in [3.63, 3.8) is 0 Å². The molecular formula is C22H33Cl2N5O6S. The van der Waals surface area contributed by atoms with Gasteiger partial charge in [-0.05, 0) is 24.1 Å². The van der Waals surface area contributed by atoms with E-state index in [4.69, 9.17) is 4.74 Å². The van der Waals surface area contributed by atoms with Gasteiger partial charge in [-0.3, -0.25) is 14.4 Å². The fraction of sp³-hybridized carbons (Fsp3) is 0.591. The van der Waals surface area contributed by atoms with Gasteiger partial charge in [-0.25, -0.2) is 8.42 Å². The molecule has 1 aromatic carbocycles. The molecule has 1 saturated heterocycles. The monoisotopic (exact) mass is 565 g/mol. The molecule has 1 saturated carbocycles. The summed E-state index contributed by atoms with van der Waals surface area (Å²) in [6, 6.07) is 6.67. The third-order valence-corrected chi connectivity index (χ3v) is 8.09. The molecule has 0 spiro atoms. The van der Waals surface area contributed by atoms with Crippen molar-refractivity contribution in [2.45, 2.75) is 44.2 Å². The lowest BCUT2D eigenvalue weighted by molar-refractivity contribution is -0.122. The average molecular weight is 567 g/mol. The lowest BCUT2D eigenvalue weighted by atomic mass is 10.1. The van der Waals surface area contributed by atoms with Gasteiger partial charge in [0.1, 0.15) is 11.9 Å². The van der Waals surface area contributed by atoms with E-state index in [0.29, 0.717) is 38.3 Å². The van der Waals surface area contributed by atoms with Crippen LogP contribution >= 0.6 is 24.8 Å². The van der Waals surface area contributed by atoms with Crippen LogP contribution in [0.4, 0.5) is 0 Å². The predicted octanol–water partition coefficient (Wildman–Crippen LogP) is -0.170. The minimum atomic E-state index is -2.93. The minimum Gasteiger partial charge on any atom is -0.497 e. The number of benzene rings is 1. The largest absolute Gasteiger partial charge is 0.497 e. The number of sulfone groups is 1. The van der Waals surface area contributed by atoms with Crippen molar-refractivity contribution in [3.8, 4) is 5.75 Å². The maximum absolute atomic E-state index is 12.5. The van der Waals surface area contributed by atoms with Gasteiger partial charge in [0.15, 0.2) is 9.84 Å². The molecule has 0 bridgehead atoms. The molecule has 36 heavy (non-hydrogen) atoms. The second-order valence-corrected chi connectivity index (χ2v) is 11.3. The first-order valence-corrected chi connectivity index (χ1v) is 13.1. The lowest BCUT2D eigenvalue weighted by Gasteiger charge is -2.25. The van der Waals surface area contributed by atoms with Crippen LogP contribution in [0.3, 0.4) is 0 Å². The van der Waals surface area contributed by atoms with Gasteiger partial charge in [0, 0.05) is 38.3 Å². The summed E-state index contributed by atoms with van der Waals surface area (Å²) in [7, 11) is -1.37. The summed E-state index contributed by atoms with van der Waals surface area (Å²) in [5.41, 5.74) is 1.51. The predicted molar refractivity (Wildman–Crippen MR) is 137 cm³/mol. The topological polar surface area (TPSA) is 147 Å². The third-order valence-electron chi connectivity index (χ3n) is 6.48. The van der Waals surface area contributed by atoms with Crippen molar-refractivity contribution < 1.29 is 28.2 Å². The number of carbonyl (C=O) groups is 1. The molecule has 0 unspecified atom stereocenters. The number of halogens is 2. The fourth-order valence-corrected chi connectivity index (χ4v) is 5.83. The van der Waals surface area contributed by atoms with Crippen LogP contribution in [-0.4, -0.2) is 94.4 Å². The Hall–Kier alpha value is -1.96. The number of carbonyl (C=O) groups excluding carboxylic acids is 1. The van der Waals surface area contributed by atoms with Gasteiger partial charge in [0.25, 0.3) is 0 Å². The Morgan fingerprint density at radius 1 is 1.19 bits per heavy atom. The van der Waals surface area contributed by atoms with E-state index in [2.05, 4.69) is 15.6 Å². The molecule has 4 atom stereocenters. The average Bonchev–Trinajstić information content (AvgIpc) is 3.35. The van der Waals surface area contributed by atoms with Gasteiger partial charge in [-0.15, -0.1) is 29.9 Å². The standard InChI is InChI=1S/C22H31N5O6S.2ClH/c1-33-18-4-2-3-15(9-18)10-20(28)23-19-11-16(21(29)22(19)30)12-27-14-17(24-25-27)13-26-5-7-34(31,32)8-6-26;;/h2-4,9,14,16,19,21-22,29-30H,5-8,10-13H2,1H3,(H,23,28);2*1H/t16-,19-,21-,22+;;/m1../s1. The van der Waals surface area contributed by atoms with Crippen LogP contribution in [0.15, 0.2) is 30.5 Å². The zero-order valence-corrected chi connectivity index (χ0v) is 22.3. The Balaban J connectivity index is 0.00000228. The summed E-state index contributed by atoms with van der Waals surface area (Å²) in [5.74, 6) is 0.430. The van der Waals surface area contributed by atoms with Gasteiger partial charge in [-0.2, -0.15) is 0 Å². The highest BCUT2D eigenvalue weighted by Crippen LogP contribution is 2.28. The molecule has 2 fully saturated rings. The smallest absolute Gasteiger partial charge is 0.224 e. The zero-order valence-electron chi connectivity index (χ0n) is 19.9. The first-order chi connectivity index (χ1) is 16.2. The van der Waals surface area contributed by atoms with Gasteiger partial charge in [-0.1, -0.05) is 17.3 Å². The molecular weight excluding hydrogens is 533 g/mol. The van der Waals surface area contributed by atoms with Gasteiger partial charge >= 0.3 is 0 Å². The highest BCUT2D eigenvalue weighted by atomic mass is 35.5. The highest BCUT2D eigenvalue weighted by Gasteiger charge is 2.42. The molecule has 3 N–H and O–H groups in total. The van der Waals surface area contributed by atoms with Crippen LogP contribution in [0.25, 0.3) is 0 Å². The van der Waals surface area contributed by atoms with Crippen LogP contribution in [-0.2, 0) is 34.1 Å². The number of aliphatic hydroxyl groups excluding tert-OH is 2. The summed E-state index contributed by atoms with van der Waals surface area (Å²) in [6.45, 7) is 1.80. The zero-order chi connectivity index (χ0) is 24.3. The van der Waals surface area contributed by atoms with Crippen LogP contribution < -0.4 is 10.1 Å². The third kappa shape index (κ3) is 7.77. The Kier molecular flexibility index (Phi) is 10.9. The van der Waals surface area contributed by atoms with E-state index in [9.17, 15) is 23.4 Å². The van der Waals surface area contributed by atoms with Gasteiger partial charge in [0.05, 0.1) is 42.9 Å². The molecule has 14 heteroatoms. The van der Waals surface area contributed by atoms with Gasteiger partial charge < -0.3 is 20.3 Å². The van der Waals surface area contributed by atoms with Crippen molar-refractivity contribution in [2.75, 3.05) is 31.7 Å². The number of hydrogen-bond acceptors (Lipinski definition) is 9. The quantitative estimate of drug-likeness (QED) is 0.396. The number of nitrogens with one attached hydrogen (secondary N) is 1. The molecule has 2 heterocycles. The van der Waals surface area contributed by atoms with Gasteiger partial charge in [0.2, 0.25) is 5.91 Å². The maximum Gasteiger partial charge on any atom is 0.224 e. The van der Waals surface area contributed by atoms with E-state index in [-0.39, 0.29) is 54.6 Å². The number of amides is 1. The molecule has 1 aliphatic heterocycles. The molecule has 4 rings (SSSR count). The summed E-state index contributed by atoms with van der Waals surface area (Å²) in [4.78, 5) is 14.5. The van der Waals surface area contributed by atoms with E-state index in [1.54, 1.807) is 30.1 Å². The summed E-state index contributed by atoms with van der Waals surface area (Å²) >= 11 is 0. The Morgan fingerprint density at radius 3 is 2.61 bits per heavy atom. The second kappa shape index (κ2) is 13.0. The Morgan fingerprint density at radius 2 is 1.92 bits per heavy atom. The second-order valence-electron chi connectivity index (χ2n) is 9.04. The number of aromatic nitrogens is 3. The summed E-state index contributed by atoms with van der Waals surface area (Å²) < 4.78 is 30.0. The Bertz CT molecular complexity index is 1100. The molecule has 1 aliphatic carbocycles. The van der Waals surface area contributed by atoms with Crippen LogP contribution in [0.2, 0.25) is 0 Å². The van der Waals surface area contributed by atoms with Crippen molar-refractivity contribution in [1.29, 1.82) is 0 Å². The summed E-state index contributed by atoms with van der Waals surface area (Å²) in [5, 5.41) is 32.1. The van der Waals surface area contributed by atoms with Crippen LogP contribution in [0.1, 0.15) is 17.7 Å². The molecule has 1 aromatic heterocycles. The molecule has 202 valence electrons. The number of hydrogen-bond donors (Lipinski definition) is 3. The van der Waals surface area contributed by atoms with Crippen molar-refractivity contribution >= 4 is 40.6 Å². The lowest BCUT2D eigenvalue weighted by Crippen LogP contribution is -2.43. The number of methoxy groups -OCH3 is 1. The fourth-order valence-electron chi connectivity index (χ4n) is 4.55. The normalized spacial score (nSPS) is 25.4. The van der Waals surface area contributed by atoms with Crippen LogP contribution in [0, 0.1) is 5.92 Å². The molecule has 2 aromatic rings. The SMILES string of the molecule is COc1cccc(CC(=O)N[C@@H]2C[C@H](Cn3cc(CN4CCS(=O)(=O)CC4)nn3)[C@@H](O)[C@H]2O)c1.Cl.Cl. The van der Waals surface area contributed by atoms with E-state index in [1.165, 1.54) is 0 Å².